The lowest BCUT2D eigenvalue weighted by atomic mass is 10.2. The molecule has 0 aliphatic carbocycles. The number of ether oxygens (including phenoxy) is 2. The summed E-state index contributed by atoms with van der Waals surface area (Å²) in [7, 11) is 3.06. The molecule has 0 spiro atoms. The van der Waals surface area contributed by atoms with Gasteiger partial charge in [0.2, 0.25) is 0 Å². The number of para-hydroxylation sites is 1. The minimum atomic E-state index is -0.405. The average Bonchev–Trinajstić information content (AvgIpc) is 3.35. The lowest BCUT2D eigenvalue weighted by Gasteiger charge is -2.14. The van der Waals surface area contributed by atoms with E-state index < -0.39 is 6.03 Å². The smallest absolute Gasteiger partial charge is 0.323 e. The van der Waals surface area contributed by atoms with Gasteiger partial charge in [0.1, 0.15) is 11.6 Å². The molecule has 0 bridgehead atoms. The highest BCUT2D eigenvalue weighted by molar-refractivity contribution is 6.01. The highest BCUT2D eigenvalue weighted by Gasteiger charge is 2.12. The number of hydrogen-bond acceptors (Lipinski definition) is 7. The van der Waals surface area contributed by atoms with Crippen LogP contribution in [0.15, 0.2) is 67.0 Å². The van der Waals surface area contributed by atoms with E-state index in [1.807, 2.05) is 31.3 Å². The number of anilines is 4. The number of methoxy groups -OCH3 is 2. The molecule has 0 fully saturated rings. The van der Waals surface area contributed by atoms with Crippen molar-refractivity contribution in [1.29, 1.82) is 0 Å². The van der Waals surface area contributed by atoms with Crippen LogP contribution in [0.25, 0.3) is 5.82 Å². The first kappa shape index (κ1) is 21.6. The molecule has 2 aromatic heterocycles. The fourth-order valence-electron chi connectivity index (χ4n) is 3.19. The van der Waals surface area contributed by atoms with Crippen LogP contribution in [0.1, 0.15) is 5.82 Å². The lowest BCUT2D eigenvalue weighted by molar-refractivity contribution is 0.262. The first-order chi connectivity index (χ1) is 16.1. The zero-order chi connectivity index (χ0) is 23.2. The maximum absolute atomic E-state index is 12.5. The summed E-state index contributed by atoms with van der Waals surface area (Å²) in [5.74, 6) is 2.90. The summed E-state index contributed by atoms with van der Waals surface area (Å²) in [6, 6.07) is 15.7. The van der Waals surface area contributed by atoms with Crippen molar-refractivity contribution in [3.05, 3.63) is 72.8 Å². The summed E-state index contributed by atoms with van der Waals surface area (Å²) in [4.78, 5) is 21.3. The number of hydrogen-bond donors (Lipinski definition) is 3. The second-order valence-corrected chi connectivity index (χ2v) is 6.93. The fourth-order valence-corrected chi connectivity index (χ4v) is 3.19. The number of amides is 2. The predicted molar refractivity (Wildman–Crippen MR) is 126 cm³/mol. The van der Waals surface area contributed by atoms with Gasteiger partial charge in [-0.25, -0.2) is 19.4 Å². The third kappa shape index (κ3) is 5.18. The van der Waals surface area contributed by atoms with E-state index >= 15 is 0 Å². The molecule has 3 N–H and O–H groups in total. The number of benzene rings is 2. The van der Waals surface area contributed by atoms with Gasteiger partial charge < -0.3 is 25.4 Å². The predicted octanol–water partition coefficient (Wildman–Crippen LogP) is 4.38. The van der Waals surface area contributed by atoms with E-state index in [-0.39, 0.29) is 0 Å². The van der Waals surface area contributed by atoms with E-state index in [1.54, 1.807) is 47.3 Å². The zero-order valence-electron chi connectivity index (χ0n) is 18.4. The summed E-state index contributed by atoms with van der Waals surface area (Å²) in [6.07, 6.45) is 3.51. The van der Waals surface area contributed by atoms with Crippen molar-refractivity contribution in [2.24, 2.45) is 0 Å². The van der Waals surface area contributed by atoms with Crippen LogP contribution in [0, 0.1) is 6.92 Å². The van der Waals surface area contributed by atoms with Crippen LogP contribution in [0.2, 0.25) is 0 Å². The van der Waals surface area contributed by atoms with Gasteiger partial charge in [-0.2, -0.15) is 5.10 Å². The Balaban J connectivity index is 1.42. The molecule has 2 heterocycles. The lowest BCUT2D eigenvalue weighted by Crippen LogP contribution is -2.19. The Morgan fingerprint density at radius 2 is 1.73 bits per heavy atom. The van der Waals surface area contributed by atoms with Gasteiger partial charge in [0, 0.05) is 29.8 Å². The number of nitrogens with zero attached hydrogens (tertiary/aromatic N) is 4. The summed E-state index contributed by atoms with van der Waals surface area (Å²) < 4.78 is 12.3. The second kappa shape index (κ2) is 9.69. The van der Waals surface area contributed by atoms with Gasteiger partial charge in [-0.1, -0.05) is 6.07 Å². The third-order valence-corrected chi connectivity index (χ3v) is 4.63. The Morgan fingerprint density at radius 1 is 0.939 bits per heavy atom. The van der Waals surface area contributed by atoms with Crippen molar-refractivity contribution < 1.29 is 14.3 Å². The van der Waals surface area contributed by atoms with E-state index in [0.717, 1.165) is 5.69 Å². The van der Waals surface area contributed by atoms with E-state index in [9.17, 15) is 4.79 Å². The minimum absolute atomic E-state index is 0.405. The molecule has 4 rings (SSSR count). The number of carbonyl (C=O) groups is 1. The number of nitrogens with one attached hydrogen (secondary N) is 3. The highest BCUT2D eigenvalue weighted by Crippen LogP contribution is 2.34. The molecular formula is C23H23N7O3. The topological polar surface area (TPSA) is 115 Å². The van der Waals surface area contributed by atoms with Crippen LogP contribution >= 0.6 is 0 Å². The van der Waals surface area contributed by atoms with Crippen LogP contribution in [0.4, 0.5) is 27.7 Å². The van der Waals surface area contributed by atoms with Gasteiger partial charge in [-0.3, -0.25) is 0 Å². The molecule has 2 aromatic carbocycles. The highest BCUT2D eigenvalue weighted by atomic mass is 16.5. The number of aromatic nitrogens is 4. The third-order valence-electron chi connectivity index (χ3n) is 4.63. The maximum atomic E-state index is 12.5. The Hall–Kier alpha value is -4.60. The van der Waals surface area contributed by atoms with Crippen molar-refractivity contribution in [2.75, 3.05) is 30.2 Å². The number of aryl methyl sites for hydroxylation is 1. The molecular weight excluding hydrogens is 422 g/mol. The molecule has 0 aliphatic rings. The molecule has 10 nitrogen and oxygen atoms in total. The molecule has 0 saturated carbocycles. The molecule has 0 unspecified atom stereocenters. The maximum Gasteiger partial charge on any atom is 0.323 e. The minimum Gasteiger partial charge on any atom is -0.493 e. The van der Waals surface area contributed by atoms with Crippen LogP contribution in [0.5, 0.6) is 11.5 Å². The van der Waals surface area contributed by atoms with Crippen LogP contribution < -0.4 is 25.4 Å². The standard InChI is InChI=1S/C23H23N7O3/c1-15-25-20(14-21(26-15)30-13-5-12-24-30)27-16-8-10-17(11-9-16)28-23(31)29-18-6-4-7-19(32-2)22(18)33-3/h4-14H,1-3H3,(H,25,26,27)(H2,28,29,31). The summed E-state index contributed by atoms with van der Waals surface area (Å²) in [5.41, 5.74) is 1.93. The van der Waals surface area contributed by atoms with E-state index in [2.05, 4.69) is 31.0 Å². The summed E-state index contributed by atoms with van der Waals surface area (Å²) in [5, 5.41) is 13.0. The Labute approximate surface area is 190 Å². The van der Waals surface area contributed by atoms with E-state index in [4.69, 9.17) is 9.47 Å². The normalized spacial score (nSPS) is 10.4. The molecule has 2 amide bonds. The Morgan fingerprint density at radius 3 is 2.42 bits per heavy atom. The average molecular weight is 445 g/mol. The quantitative estimate of drug-likeness (QED) is 0.387. The number of rotatable bonds is 7. The first-order valence-electron chi connectivity index (χ1n) is 10.1. The largest absolute Gasteiger partial charge is 0.493 e. The van der Waals surface area contributed by atoms with Crippen LogP contribution in [-0.4, -0.2) is 40.0 Å². The van der Waals surface area contributed by atoms with Gasteiger partial charge in [-0.05, 0) is 49.4 Å². The Bertz CT molecular complexity index is 1240. The fraction of sp³-hybridized carbons (Fsp3) is 0.130. The molecule has 0 atom stereocenters. The van der Waals surface area contributed by atoms with Crippen LogP contribution in [-0.2, 0) is 0 Å². The van der Waals surface area contributed by atoms with Crippen molar-refractivity contribution in [2.45, 2.75) is 6.92 Å². The van der Waals surface area contributed by atoms with Crippen molar-refractivity contribution in [3.63, 3.8) is 0 Å². The molecule has 0 radical (unpaired) electrons. The molecule has 10 heteroatoms. The molecule has 0 saturated heterocycles. The Kier molecular flexibility index (Phi) is 6.35. The van der Waals surface area contributed by atoms with Gasteiger partial charge in [-0.15, -0.1) is 0 Å². The summed E-state index contributed by atoms with van der Waals surface area (Å²) in [6.45, 7) is 1.82. The van der Waals surface area contributed by atoms with Crippen molar-refractivity contribution >= 4 is 28.9 Å². The van der Waals surface area contributed by atoms with E-state index in [1.165, 1.54) is 14.2 Å². The van der Waals surface area contributed by atoms with Crippen molar-refractivity contribution in [3.8, 4) is 17.3 Å². The van der Waals surface area contributed by atoms with Gasteiger partial charge in [0.25, 0.3) is 0 Å². The van der Waals surface area contributed by atoms with Crippen molar-refractivity contribution in [1.82, 2.24) is 19.7 Å². The van der Waals surface area contributed by atoms with Gasteiger partial charge >= 0.3 is 6.03 Å². The molecule has 4 aromatic rings. The first-order valence-corrected chi connectivity index (χ1v) is 10.1. The van der Waals surface area contributed by atoms with Crippen LogP contribution in [0.3, 0.4) is 0 Å². The SMILES string of the molecule is COc1cccc(NC(=O)Nc2ccc(Nc3cc(-n4cccn4)nc(C)n3)cc2)c1OC. The number of carbonyl (C=O) groups excluding carboxylic acids is 1. The summed E-state index contributed by atoms with van der Waals surface area (Å²) >= 11 is 0. The van der Waals surface area contributed by atoms with Gasteiger partial charge in [0.05, 0.1) is 19.9 Å². The zero-order valence-corrected chi connectivity index (χ0v) is 18.4. The number of urea groups is 1. The molecule has 33 heavy (non-hydrogen) atoms. The monoisotopic (exact) mass is 445 g/mol. The molecule has 0 aliphatic heterocycles. The second-order valence-electron chi connectivity index (χ2n) is 6.93. The molecule has 168 valence electrons. The van der Waals surface area contributed by atoms with E-state index in [0.29, 0.717) is 40.3 Å². The van der Waals surface area contributed by atoms with Gasteiger partial charge in [0.15, 0.2) is 17.3 Å².